The van der Waals surface area contributed by atoms with Gasteiger partial charge in [0.2, 0.25) is 5.91 Å². The minimum Gasteiger partial charge on any atom is -0.357 e. The fourth-order valence-electron chi connectivity index (χ4n) is 4.03. The molecule has 1 fully saturated rings. The van der Waals surface area contributed by atoms with Gasteiger partial charge in [0.15, 0.2) is 5.96 Å². The number of nitrogens with zero attached hydrogens (tertiary/aromatic N) is 3. The van der Waals surface area contributed by atoms with Gasteiger partial charge in [-0.05, 0) is 58.6 Å². The molecular formula is C24H42IN5O. The van der Waals surface area contributed by atoms with Gasteiger partial charge in [-0.2, -0.15) is 0 Å². The van der Waals surface area contributed by atoms with Crippen LogP contribution in [0.4, 0.5) is 0 Å². The zero-order chi connectivity index (χ0) is 21.9. The maximum absolute atomic E-state index is 12.0. The first-order valence-corrected chi connectivity index (χ1v) is 11.5. The van der Waals surface area contributed by atoms with Crippen molar-refractivity contribution in [3.05, 3.63) is 35.4 Å². The van der Waals surface area contributed by atoms with Crippen LogP contribution in [0.15, 0.2) is 29.3 Å². The zero-order valence-corrected chi connectivity index (χ0v) is 22.3. The minimum absolute atomic E-state index is 0. The molecule has 0 atom stereocenters. The van der Waals surface area contributed by atoms with Crippen LogP contribution >= 0.6 is 24.0 Å². The number of rotatable bonds is 11. The van der Waals surface area contributed by atoms with Crippen molar-refractivity contribution in [3.8, 4) is 0 Å². The van der Waals surface area contributed by atoms with Crippen molar-refractivity contribution in [2.75, 3.05) is 26.2 Å². The summed E-state index contributed by atoms with van der Waals surface area (Å²) in [6.45, 7) is 16.1. The molecule has 7 heteroatoms. The monoisotopic (exact) mass is 543 g/mol. The Kier molecular flexibility index (Phi) is 13.1. The highest BCUT2D eigenvalue weighted by molar-refractivity contribution is 14.0. The quantitative estimate of drug-likeness (QED) is 0.192. The molecule has 0 aromatic heterocycles. The highest BCUT2D eigenvalue weighted by Crippen LogP contribution is 2.17. The van der Waals surface area contributed by atoms with Gasteiger partial charge < -0.3 is 15.5 Å². The molecular weight excluding hydrogens is 501 g/mol. The van der Waals surface area contributed by atoms with Gasteiger partial charge in [-0.15, -0.1) is 24.0 Å². The molecule has 0 bridgehead atoms. The van der Waals surface area contributed by atoms with Crippen molar-refractivity contribution in [1.82, 2.24) is 20.4 Å². The normalized spacial score (nSPS) is 14.5. The van der Waals surface area contributed by atoms with Crippen LogP contribution in [-0.4, -0.2) is 59.9 Å². The number of amides is 1. The average Bonchev–Trinajstić information content (AvgIpc) is 3.10. The second-order valence-corrected chi connectivity index (χ2v) is 8.59. The lowest BCUT2D eigenvalue weighted by Crippen LogP contribution is -2.41. The van der Waals surface area contributed by atoms with Crippen LogP contribution in [0.5, 0.6) is 0 Å². The third-order valence-electron chi connectivity index (χ3n) is 5.61. The van der Waals surface area contributed by atoms with Crippen LogP contribution in [0.1, 0.15) is 65.0 Å². The summed E-state index contributed by atoms with van der Waals surface area (Å²) in [5, 5.41) is 6.82. The summed E-state index contributed by atoms with van der Waals surface area (Å²) in [5.41, 5.74) is 2.37. The first-order valence-electron chi connectivity index (χ1n) is 11.5. The Morgan fingerprint density at radius 1 is 1.13 bits per heavy atom. The molecule has 0 aliphatic carbocycles. The van der Waals surface area contributed by atoms with E-state index in [1.165, 1.54) is 11.1 Å². The lowest BCUT2D eigenvalue weighted by Gasteiger charge is -2.30. The maximum Gasteiger partial charge on any atom is 0.222 e. The van der Waals surface area contributed by atoms with Crippen LogP contribution < -0.4 is 10.6 Å². The number of likely N-dealkylation sites (tertiary alicyclic amines) is 1. The molecule has 2 rings (SSSR count). The Morgan fingerprint density at radius 3 is 2.39 bits per heavy atom. The van der Waals surface area contributed by atoms with E-state index in [0.29, 0.717) is 31.6 Å². The SMILES string of the molecule is CCNC(=NCc1ccccc1CN1CCCC1=O)NCCCN(C(C)C)C(C)C.I. The molecule has 1 aromatic rings. The number of guanidine groups is 1. The molecule has 2 N–H and O–H groups in total. The smallest absolute Gasteiger partial charge is 0.222 e. The van der Waals surface area contributed by atoms with E-state index in [-0.39, 0.29) is 29.9 Å². The number of carbonyl (C=O) groups excluding carboxylic acids is 1. The number of hydrogen-bond donors (Lipinski definition) is 2. The van der Waals surface area contributed by atoms with Gasteiger partial charge in [0.25, 0.3) is 0 Å². The predicted molar refractivity (Wildman–Crippen MR) is 141 cm³/mol. The lowest BCUT2D eigenvalue weighted by molar-refractivity contribution is -0.128. The fourth-order valence-corrected chi connectivity index (χ4v) is 4.03. The molecule has 176 valence electrons. The van der Waals surface area contributed by atoms with Crippen LogP contribution in [0.3, 0.4) is 0 Å². The van der Waals surface area contributed by atoms with Crippen molar-refractivity contribution >= 4 is 35.8 Å². The minimum atomic E-state index is 0. The van der Waals surface area contributed by atoms with Crippen LogP contribution in [0.25, 0.3) is 0 Å². The van der Waals surface area contributed by atoms with E-state index in [1.807, 2.05) is 17.0 Å². The van der Waals surface area contributed by atoms with Gasteiger partial charge in [0, 0.05) is 51.2 Å². The van der Waals surface area contributed by atoms with Crippen LogP contribution in [0, 0.1) is 0 Å². The van der Waals surface area contributed by atoms with Crippen molar-refractivity contribution in [2.24, 2.45) is 4.99 Å². The average molecular weight is 544 g/mol. The van der Waals surface area contributed by atoms with Crippen molar-refractivity contribution in [1.29, 1.82) is 0 Å². The molecule has 0 saturated carbocycles. The number of carbonyl (C=O) groups is 1. The van der Waals surface area contributed by atoms with Crippen LogP contribution in [0.2, 0.25) is 0 Å². The van der Waals surface area contributed by atoms with Gasteiger partial charge in [-0.25, -0.2) is 4.99 Å². The Labute approximate surface area is 206 Å². The topological polar surface area (TPSA) is 60.0 Å². The maximum atomic E-state index is 12.0. The van der Waals surface area contributed by atoms with Crippen molar-refractivity contribution < 1.29 is 4.79 Å². The Morgan fingerprint density at radius 2 is 1.81 bits per heavy atom. The second-order valence-electron chi connectivity index (χ2n) is 8.59. The van der Waals surface area contributed by atoms with Crippen molar-refractivity contribution in [3.63, 3.8) is 0 Å². The highest BCUT2D eigenvalue weighted by atomic mass is 127. The van der Waals surface area contributed by atoms with Crippen LogP contribution in [-0.2, 0) is 17.9 Å². The Balaban J connectivity index is 0.00000480. The van der Waals surface area contributed by atoms with Gasteiger partial charge in [-0.3, -0.25) is 9.69 Å². The molecule has 1 heterocycles. The van der Waals surface area contributed by atoms with E-state index < -0.39 is 0 Å². The van der Waals surface area contributed by atoms with Gasteiger partial charge in [-0.1, -0.05) is 24.3 Å². The highest BCUT2D eigenvalue weighted by Gasteiger charge is 2.20. The molecule has 1 saturated heterocycles. The standard InChI is InChI=1S/C24H41N5O.HI/c1-6-25-24(26-14-10-16-29(19(2)3)20(4)5)27-17-21-11-7-8-12-22(21)18-28-15-9-13-23(28)30;/h7-8,11-12,19-20H,6,9-10,13-18H2,1-5H3,(H2,25,26,27);1H. The Hall–Kier alpha value is -1.35. The van der Waals surface area contributed by atoms with E-state index in [4.69, 9.17) is 4.99 Å². The van der Waals surface area contributed by atoms with E-state index >= 15 is 0 Å². The molecule has 1 amide bonds. The number of benzene rings is 1. The summed E-state index contributed by atoms with van der Waals surface area (Å²) in [6.07, 6.45) is 2.73. The molecule has 31 heavy (non-hydrogen) atoms. The summed E-state index contributed by atoms with van der Waals surface area (Å²) in [4.78, 5) is 21.3. The number of halogens is 1. The number of aliphatic imine (C=N–C) groups is 1. The first-order chi connectivity index (χ1) is 14.4. The third kappa shape index (κ3) is 9.35. The molecule has 0 radical (unpaired) electrons. The van der Waals surface area contributed by atoms with E-state index in [2.05, 4.69) is 62.3 Å². The molecule has 6 nitrogen and oxygen atoms in total. The fraction of sp³-hybridized carbons (Fsp3) is 0.667. The molecule has 0 unspecified atom stereocenters. The van der Waals surface area contributed by atoms with E-state index in [0.717, 1.165) is 45.0 Å². The lowest BCUT2D eigenvalue weighted by atomic mass is 10.1. The zero-order valence-electron chi connectivity index (χ0n) is 20.0. The summed E-state index contributed by atoms with van der Waals surface area (Å²) < 4.78 is 0. The molecule has 1 aromatic carbocycles. The predicted octanol–water partition coefficient (Wildman–Crippen LogP) is 3.99. The van der Waals surface area contributed by atoms with Gasteiger partial charge in [0.1, 0.15) is 0 Å². The largest absolute Gasteiger partial charge is 0.357 e. The van der Waals surface area contributed by atoms with Gasteiger partial charge >= 0.3 is 0 Å². The van der Waals surface area contributed by atoms with Gasteiger partial charge in [0.05, 0.1) is 6.54 Å². The summed E-state index contributed by atoms with van der Waals surface area (Å²) in [5.74, 6) is 1.12. The summed E-state index contributed by atoms with van der Waals surface area (Å²) in [6, 6.07) is 9.45. The molecule has 1 aliphatic rings. The van der Waals surface area contributed by atoms with E-state index in [9.17, 15) is 4.79 Å². The Bertz CT molecular complexity index is 684. The molecule has 1 aliphatic heterocycles. The summed E-state index contributed by atoms with van der Waals surface area (Å²) in [7, 11) is 0. The second kappa shape index (κ2) is 14.7. The van der Waals surface area contributed by atoms with E-state index in [1.54, 1.807) is 0 Å². The third-order valence-corrected chi connectivity index (χ3v) is 5.61. The first kappa shape index (κ1) is 27.7. The summed E-state index contributed by atoms with van der Waals surface area (Å²) >= 11 is 0. The number of nitrogens with one attached hydrogen (secondary N) is 2. The molecule has 0 spiro atoms. The van der Waals surface area contributed by atoms with Crippen molar-refractivity contribution in [2.45, 2.75) is 79.1 Å². The number of hydrogen-bond acceptors (Lipinski definition) is 3.